The van der Waals surface area contributed by atoms with E-state index in [1.165, 1.54) is 0 Å². The molecular weight excluding hydrogens is 246 g/mol. The molecule has 0 saturated carbocycles. The molecule has 0 fully saturated rings. The molecule has 0 aromatic heterocycles. The van der Waals surface area contributed by atoms with E-state index in [4.69, 9.17) is 4.74 Å². The molecule has 2 aromatic rings. The Balaban J connectivity index is 0.00000133. The molecule has 1 nitrogen and oxygen atoms in total. The molecule has 0 unspecified atom stereocenters. The summed E-state index contributed by atoms with van der Waals surface area (Å²) >= 11 is 0. The summed E-state index contributed by atoms with van der Waals surface area (Å²) in [6.07, 6.45) is 0. The second-order valence-corrected chi connectivity index (χ2v) is 4.58. The number of rotatable bonds is 0. The quantitative estimate of drug-likeness (QED) is 0.664. The summed E-state index contributed by atoms with van der Waals surface area (Å²) in [6.45, 7) is 3.47. The molecule has 0 radical (unpaired) electrons. The molecule has 0 aliphatic carbocycles. The topological polar surface area (TPSA) is 9.23 Å². The lowest BCUT2D eigenvalue weighted by molar-refractivity contribution is 0.280. The second kappa shape index (κ2) is 4.65. The third kappa shape index (κ3) is 1.89. The van der Waals surface area contributed by atoms with Gasteiger partial charge < -0.3 is 4.74 Å². The van der Waals surface area contributed by atoms with E-state index in [-0.39, 0.29) is 31.4 Å². The first-order valence-corrected chi connectivity index (χ1v) is 5.80. The molecule has 0 amide bonds. The van der Waals surface area contributed by atoms with Gasteiger partial charge >= 0.3 is 0 Å². The summed E-state index contributed by atoms with van der Waals surface area (Å²) < 4.78 is 33.3. The maximum absolute atomic E-state index is 14.0. The van der Waals surface area contributed by atoms with Crippen LogP contribution in [0.3, 0.4) is 0 Å². The summed E-state index contributed by atoms with van der Waals surface area (Å²) in [5.74, 6) is -0.399. The van der Waals surface area contributed by atoms with Crippen molar-refractivity contribution >= 4 is 0 Å². The van der Waals surface area contributed by atoms with E-state index in [0.717, 1.165) is 5.56 Å². The van der Waals surface area contributed by atoms with Gasteiger partial charge in [0, 0.05) is 11.1 Å². The summed E-state index contributed by atoms with van der Waals surface area (Å²) in [7, 11) is 0. The van der Waals surface area contributed by atoms with Crippen LogP contribution in [-0.2, 0) is 6.61 Å². The molecule has 100 valence electrons. The van der Waals surface area contributed by atoms with Crippen LogP contribution >= 0.6 is 0 Å². The first-order valence-electron chi connectivity index (χ1n) is 5.80. The van der Waals surface area contributed by atoms with Crippen molar-refractivity contribution in [3.8, 4) is 16.9 Å². The van der Waals surface area contributed by atoms with Gasteiger partial charge in [-0.25, -0.2) is 8.78 Å². The normalized spacial score (nSPS) is 12.0. The average Bonchev–Trinajstić information content (AvgIpc) is 2.38. The molecule has 1 heterocycles. The van der Waals surface area contributed by atoms with E-state index >= 15 is 0 Å². The Morgan fingerprint density at radius 3 is 2.16 bits per heavy atom. The fraction of sp³-hybridized carbons (Fsp3) is 0.250. The van der Waals surface area contributed by atoms with Gasteiger partial charge in [-0.15, -0.1) is 0 Å². The van der Waals surface area contributed by atoms with E-state index < -0.39 is 0 Å². The van der Waals surface area contributed by atoms with Gasteiger partial charge in [-0.1, -0.05) is 31.7 Å². The Hall–Kier alpha value is -1.90. The zero-order valence-corrected chi connectivity index (χ0v) is 10.2. The van der Waals surface area contributed by atoms with Crippen molar-refractivity contribution in [3.63, 3.8) is 0 Å². The number of benzene rings is 2. The summed E-state index contributed by atoms with van der Waals surface area (Å²) in [6, 6.07) is 7.00. The number of aryl methyl sites for hydroxylation is 2. The van der Waals surface area contributed by atoms with Crippen molar-refractivity contribution in [1.82, 2.24) is 0 Å². The average molecular weight is 262 g/mol. The van der Waals surface area contributed by atoms with Crippen molar-refractivity contribution in [2.24, 2.45) is 0 Å². The van der Waals surface area contributed by atoms with E-state index in [1.54, 1.807) is 32.0 Å². The van der Waals surface area contributed by atoms with Crippen LogP contribution in [0.1, 0.15) is 24.1 Å². The maximum Gasteiger partial charge on any atom is 0.168 e. The fourth-order valence-electron chi connectivity index (χ4n) is 2.28. The molecule has 0 saturated heterocycles. The van der Waals surface area contributed by atoms with Crippen molar-refractivity contribution < 1.29 is 13.5 Å². The highest BCUT2D eigenvalue weighted by Gasteiger charge is 2.24. The van der Waals surface area contributed by atoms with E-state index in [0.29, 0.717) is 22.3 Å². The van der Waals surface area contributed by atoms with Crippen LogP contribution < -0.4 is 4.74 Å². The lowest BCUT2D eigenvalue weighted by Gasteiger charge is -2.22. The smallest absolute Gasteiger partial charge is 0.168 e. The fourth-order valence-corrected chi connectivity index (χ4v) is 2.28. The van der Waals surface area contributed by atoms with Crippen molar-refractivity contribution in [2.75, 3.05) is 0 Å². The van der Waals surface area contributed by atoms with Crippen LogP contribution in [0.15, 0.2) is 24.3 Å². The molecule has 1 aliphatic heterocycles. The lowest BCUT2D eigenvalue weighted by atomic mass is 9.94. The molecule has 0 spiro atoms. The number of hydrogen-bond donors (Lipinski definition) is 0. The molecule has 3 rings (SSSR count). The standard InChI is InChI=1S/C15H12F2O.CH4/c1-8-3-5-10-11-6-4-9(2)14(17)15(11)18-7-12(10)13(8)16;/h3-6H,7H2,1-2H3;1H4. The zero-order valence-electron chi connectivity index (χ0n) is 10.2. The Morgan fingerprint density at radius 1 is 0.895 bits per heavy atom. The molecule has 0 bridgehead atoms. The monoisotopic (exact) mass is 262 g/mol. The molecular formula is C16H16F2O. The van der Waals surface area contributed by atoms with Gasteiger partial charge in [0.1, 0.15) is 12.4 Å². The van der Waals surface area contributed by atoms with Crippen molar-refractivity contribution in [2.45, 2.75) is 27.9 Å². The summed E-state index contributed by atoms with van der Waals surface area (Å²) in [4.78, 5) is 0. The van der Waals surface area contributed by atoms with Gasteiger partial charge in [0.2, 0.25) is 0 Å². The predicted octanol–water partition coefficient (Wildman–Crippen LogP) is 4.78. The Kier molecular flexibility index (Phi) is 3.31. The van der Waals surface area contributed by atoms with Crippen molar-refractivity contribution in [1.29, 1.82) is 0 Å². The SMILES string of the molecule is C.Cc1ccc2c(c1F)COc1c-2ccc(C)c1F. The highest BCUT2D eigenvalue weighted by Crippen LogP contribution is 2.41. The molecule has 3 heteroatoms. The molecule has 0 atom stereocenters. The maximum atomic E-state index is 14.0. The highest BCUT2D eigenvalue weighted by molar-refractivity contribution is 5.76. The molecule has 19 heavy (non-hydrogen) atoms. The van der Waals surface area contributed by atoms with Crippen molar-refractivity contribution in [3.05, 3.63) is 52.6 Å². The third-order valence-corrected chi connectivity index (χ3v) is 3.38. The number of fused-ring (bicyclic) bond motifs is 3. The lowest BCUT2D eigenvalue weighted by Crippen LogP contribution is -2.10. The zero-order chi connectivity index (χ0) is 12.9. The Bertz CT molecular complexity index is 590. The predicted molar refractivity (Wildman–Crippen MR) is 72.3 cm³/mol. The minimum atomic E-state index is -0.362. The number of ether oxygens (including phenoxy) is 1. The summed E-state index contributed by atoms with van der Waals surface area (Å²) in [5.41, 5.74) is 2.96. The Morgan fingerprint density at radius 2 is 1.47 bits per heavy atom. The van der Waals surface area contributed by atoms with Crippen LogP contribution in [0.2, 0.25) is 0 Å². The minimum Gasteiger partial charge on any atom is -0.485 e. The molecule has 2 aromatic carbocycles. The van der Waals surface area contributed by atoms with Crippen LogP contribution in [-0.4, -0.2) is 0 Å². The van der Waals surface area contributed by atoms with Gasteiger partial charge in [-0.05, 0) is 30.5 Å². The second-order valence-electron chi connectivity index (χ2n) is 4.58. The van der Waals surface area contributed by atoms with E-state index in [2.05, 4.69) is 0 Å². The van der Waals surface area contributed by atoms with Crippen LogP contribution in [0.4, 0.5) is 8.78 Å². The number of halogens is 2. The molecule has 1 aliphatic rings. The minimum absolute atomic E-state index is 0. The van der Waals surface area contributed by atoms with Gasteiger partial charge in [-0.3, -0.25) is 0 Å². The van der Waals surface area contributed by atoms with Crippen LogP contribution in [0.5, 0.6) is 5.75 Å². The van der Waals surface area contributed by atoms with Gasteiger partial charge in [0.05, 0.1) is 0 Å². The molecule has 0 N–H and O–H groups in total. The number of hydrogen-bond acceptors (Lipinski definition) is 1. The largest absolute Gasteiger partial charge is 0.485 e. The highest BCUT2D eigenvalue weighted by atomic mass is 19.1. The van der Waals surface area contributed by atoms with Gasteiger partial charge in [0.25, 0.3) is 0 Å². The van der Waals surface area contributed by atoms with Gasteiger partial charge in [-0.2, -0.15) is 0 Å². The van der Waals surface area contributed by atoms with E-state index in [9.17, 15) is 8.78 Å². The van der Waals surface area contributed by atoms with Crippen LogP contribution in [0, 0.1) is 25.5 Å². The van der Waals surface area contributed by atoms with E-state index in [1.807, 2.05) is 6.07 Å². The third-order valence-electron chi connectivity index (χ3n) is 3.38. The first-order chi connectivity index (χ1) is 8.59. The Labute approximate surface area is 111 Å². The van der Waals surface area contributed by atoms with Gasteiger partial charge in [0.15, 0.2) is 11.6 Å². The first kappa shape index (κ1) is 13.5. The van der Waals surface area contributed by atoms with Crippen LogP contribution in [0.25, 0.3) is 11.1 Å². The summed E-state index contributed by atoms with van der Waals surface area (Å²) in [5, 5.41) is 0.